The van der Waals surface area contributed by atoms with E-state index in [1.165, 1.54) is 0 Å². The van der Waals surface area contributed by atoms with Gasteiger partial charge < -0.3 is 18.9 Å². The average molecular weight is 336 g/mol. The first-order valence-electron chi connectivity index (χ1n) is 8.06. The fourth-order valence-corrected chi connectivity index (χ4v) is 1.75. The topological polar surface area (TPSA) is 116 Å². The normalized spacial score (nSPS) is 29.8. The monoisotopic (exact) mass is 336 g/mol. The molecule has 2 aliphatic heterocycles. The predicted molar refractivity (Wildman–Crippen MR) is 83.2 cm³/mol. The van der Waals surface area contributed by atoms with Gasteiger partial charge >= 0.3 is 0 Å². The zero-order valence-corrected chi connectivity index (χ0v) is 14.6. The summed E-state index contributed by atoms with van der Waals surface area (Å²) in [5.41, 5.74) is -2.38. The van der Waals surface area contributed by atoms with Crippen LogP contribution in [-0.4, -0.2) is 61.9 Å². The highest BCUT2D eigenvalue weighted by molar-refractivity contribution is 5.12. The van der Waals surface area contributed by atoms with Crippen molar-refractivity contribution in [3.63, 3.8) is 0 Å². The quantitative estimate of drug-likeness (QED) is 0.442. The highest BCUT2D eigenvalue weighted by atomic mass is 16.6. The molecule has 0 aromatic carbocycles. The molecule has 24 heavy (non-hydrogen) atoms. The molecule has 6 atom stereocenters. The Labute approximate surface area is 142 Å². The lowest BCUT2D eigenvalue weighted by atomic mass is 9.97. The largest absolute Gasteiger partial charge is 0.372 e. The molecule has 8 heteroatoms. The molecule has 2 heterocycles. The molecule has 8 nitrogen and oxygen atoms in total. The molecule has 0 bridgehead atoms. The Hall–Kier alpha value is -1.58. The van der Waals surface area contributed by atoms with Crippen molar-refractivity contribution in [3.8, 4) is 12.1 Å². The van der Waals surface area contributed by atoms with Gasteiger partial charge in [0.1, 0.15) is 12.2 Å². The maximum atomic E-state index is 9.48. The number of nitriles is 2. The standard InChI is InChI=1S/C16H24N4O4/c1-11(21-5-13-7-23-13)15(3,9-17)19-20-16(4,10-18)12(2)22-6-14-8-24-14/h11-14H,5-8H2,1-4H3. The molecule has 0 spiro atoms. The molecule has 0 radical (unpaired) electrons. The SMILES string of the molecule is CC(OCC1CO1)C(C)(C#N)N=NC(C)(C#N)C(C)OCC1CO1. The number of ether oxygens (including phenoxy) is 4. The molecule has 2 saturated heterocycles. The lowest BCUT2D eigenvalue weighted by Crippen LogP contribution is -2.40. The van der Waals surface area contributed by atoms with Crippen molar-refractivity contribution in [2.24, 2.45) is 10.2 Å². The van der Waals surface area contributed by atoms with Gasteiger partial charge in [-0.2, -0.15) is 20.8 Å². The molecular formula is C16H24N4O4. The van der Waals surface area contributed by atoms with Crippen LogP contribution in [0.25, 0.3) is 0 Å². The van der Waals surface area contributed by atoms with Crippen LogP contribution in [0.1, 0.15) is 27.7 Å². The highest BCUT2D eigenvalue weighted by Crippen LogP contribution is 2.25. The van der Waals surface area contributed by atoms with E-state index in [2.05, 4.69) is 22.4 Å². The summed E-state index contributed by atoms with van der Waals surface area (Å²) in [6.07, 6.45) is -0.742. The van der Waals surface area contributed by atoms with E-state index < -0.39 is 23.3 Å². The summed E-state index contributed by atoms with van der Waals surface area (Å²) in [5, 5.41) is 27.3. The maximum absolute atomic E-state index is 9.48. The second-order valence-electron chi connectivity index (χ2n) is 6.58. The summed E-state index contributed by atoms with van der Waals surface area (Å²) in [4.78, 5) is 0. The van der Waals surface area contributed by atoms with Gasteiger partial charge in [-0.3, -0.25) is 0 Å². The van der Waals surface area contributed by atoms with Crippen molar-refractivity contribution in [1.82, 2.24) is 0 Å². The fraction of sp³-hybridized carbons (Fsp3) is 0.875. The summed E-state index contributed by atoms with van der Waals surface area (Å²) in [7, 11) is 0. The van der Waals surface area contributed by atoms with Crippen molar-refractivity contribution in [2.45, 2.75) is 63.2 Å². The van der Waals surface area contributed by atoms with E-state index >= 15 is 0 Å². The zero-order valence-electron chi connectivity index (χ0n) is 14.6. The molecule has 2 aliphatic rings. The molecular weight excluding hydrogens is 312 g/mol. The first kappa shape index (κ1) is 18.8. The van der Waals surface area contributed by atoms with Gasteiger partial charge in [-0.25, -0.2) is 0 Å². The predicted octanol–water partition coefficient (Wildman–Crippen LogP) is 1.61. The molecule has 2 fully saturated rings. The third kappa shape index (κ3) is 4.96. The van der Waals surface area contributed by atoms with Crippen LogP contribution in [0.5, 0.6) is 0 Å². The molecule has 0 aliphatic carbocycles. The number of azo groups is 1. The molecule has 0 aromatic heterocycles. The molecule has 0 saturated carbocycles. The van der Waals surface area contributed by atoms with Gasteiger partial charge in [-0.15, -0.1) is 0 Å². The second-order valence-corrected chi connectivity index (χ2v) is 6.58. The van der Waals surface area contributed by atoms with E-state index in [-0.39, 0.29) is 12.2 Å². The van der Waals surface area contributed by atoms with Crippen molar-refractivity contribution < 1.29 is 18.9 Å². The van der Waals surface area contributed by atoms with Gasteiger partial charge in [0.2, 0.25) is 0 Å². The number of rotatable bonds is 10. The van der Waals surface area contributed by atoms with E-state index in [4.69, 9.17) is 18.9 Å². The highest BCUT2D eigenvalue weighted by Gasteiger charge is 2.38. The van der Waals surface area contributed by atoms with Crippen LogP contribution in [0.15, 0.2) is 10.2 Å². The van der Waals surface area contributed by atoms with Crippen molar-refractivity contribution >= 4 is 0 Å². The molecule has 0 aromatic rings. The number of hydrogen-bond acceptors (Lipinski definition) is 8. The van der Waals surface area contributed by atoms with Crippen LogP contribution in [0, 0.1) is 22.7 Å². The Balaban J connectivity index is 1.98. The first-order chi connectivity index (χ1) is 11.3. The number of nitrogens with zero attached hydrogens (tertiary/aromatic N) is 4. The number of epoxide rings is 2. The Morgan fingerprint density at radius 3 is 1.54 bits per heavy atom. The lowest BCUT2D eigenvalue weighted by Gasteiger charge is -2.27. The second kappa shape index (κ2) is 7.54. The van der Waals surface area contributed by atoms with Crippen molar-refractivity contribution in [2.75, 3.05) is 26.4 Å². The van der Waals surface area contributed by atoms with Crippen LogP contribution < -0.4 is 0 Å². The number of hydrogen-bond donors (Lipinski definition) is 0. The molecule has 0 N–H and O–H groups in total. The van der Waals surface area contributed by atoms with Crippen LogP contribution in [0.2, 0.25) is 0 Å². The average Bonchev–Trinajstić information content (AvgIpc) is 3.48. The fourth-order valence-electron chi connectivity index (χ4n) is 1.75. The summed E-state index contributed by atoms with van der Waals surface area (Å²) >= 11 is 0. The zero-order chi connectivity index (χ0) is 17.8. The van der Waals surface area contributed by atoms with Gasteiger partial charge in [0, 0.05) is 0 Å². The smallest absolute Gasteiger partial charge is 0.190 e. The Morgan fingerprint density at radius 2 is 1.29 bits per heavy atom. The van der Waals surface area contributed by atoms with Crippen LogP contribution in [0.4, 0.5) is 0 Å². The molecule has 132 valence electrons. The lowest BCUT2D eigenvalue weighted by molar-refractivity contribution is 0.0139. The third-order valence-corrected chi connectivity index (χ3v) is 4.37. The first-order valence-corrected chi connectivity index (χ1v) is 8.06. The van der Waals surface area contributed by atoms with E-state index in [0.717, 1.165) is 0 Å². The summed E-state index contributed by atoms with van der Waals surface area (Å²) < 4.78 is 21.4. The van der Waals surface area contributed by atoms with Crippen LogP contribution >= 0.6 is 0 Å². The summed E-state index contributed by atoms with van der Waals surface area (Å²) in [6, 6.07) is 4.24. The minimum atomic E-state index is -1.19. The van der Waals surface area contributed by atoms with Gasteiger partial charge in [0.05, 0.1) is 50.8 Å². The molecule has 0 amide bonds. The maximum Gasteiger partial charge on any atom is 0.190 e. The minimum Gasteiger partial charge on any atom is -0.372 e. The van der Waals surface area contributed by atoms with E-state index in [0.29, 0.717) is 26.4 Å². The minimum absolute atomic E-state index is 0.106. The van der Waals surface area contributed by atoms with E-state index in [9.17, 15) is 10.5 Å². The summed E-state index contributed by atoms with van der Waals surface area (Å²) in [6.45, 7) is 9.01. The Bertz CT molecular complexity index is 501. The molecule has 6 unspecified atom stereocenters. The van der Waals surface area contributed by atoms with Crippen molar-refractivity contribution in [3.05, 3.63) is 0 Å². The van der Waals surface area contributed by atoms with E-state index in [1.807, 2.05) is 0 Å². The van der Waals surface area contributed by atoms with Gasteiger partial charge in [0.25, 0.3) is 0 Å². The van der Waals surface area contributed by atoms with Crippen LogP contribution in [0.3, 0.4) is 0 Å². The molecule has 2 rings (SSSR count). The Kier molecular flexibility index (Phi) is 5.89. The Morgan fingerprint density at radius 1 is 0.958 bits per heavy atom. The van der Waals surface area contributed by atoms with Gasteiger partial charge in [-0.05, 0) is 27.7 Å². The van der Waals surface area contributed by atoms with Crippen LogP contribution in [-0.2, 0) is 18.9 Å². The van der Waals surface area contributed by atoms with Gasteiger partial charge in [0.15, 0.2) is 11.1 Å². The summed E-state index contributed by atoms with van der Waals surface area (Å²) in [5.74, 6) is 0. The van der Waals surface area contributed by atoms with Gasteiger partial charge in [-0.1, -0.05) is 0 Å². The third-order valence-electron chi connectivity index (χ3n) is 4.37. The van der Waals surface area contributed by atoms with Crippen molar-refractivity contribution in [1.29, 1.82) is 10.5 Å². The van der Waals surface area contributed by atoms with E-state index in [1.54, 1.807) is 27.7 Å².